The van der Waals surface area contributed by atoms with Crippen LogP contribution >= 0.6 is 0 Å². The number of rotatable bonds is 8. The summed E-state index contributed by atoms with van der Waals surface area (Å²) in [4.78, 5) is 0. The normalized spacial score (nSPS) is 18.1. The molecule has 0 amide bonds. The van der Waals surface area contributed by atoms with Crippen molar-refractivity contribution in [3.63, 3.8) is 0 Å². The van der Waals surface area contributed by atoms with Crippen LogP contribution in [-0.2, 0) is 9.84 Å². The quantitative estimate of drug-likeness (QED) is 0.717. The van der Waals surface area contributed by atoms with Gasteiger partial charge in [0.2, 0.25) is 0 Å². The monoisotopic (exact) mass is 249 g/mol. The van der Waals surface area contributed by atoms with Crippen molar-refractivity contribution >= 4 is 9.84 Å². The maximum absolute atomic E-state index is 11.6. The van der Waals surface area contributed by atoms with Crippen LogP contribution in [0, 0.1) is 5.92 Å². The zero-order valence-electron chi connectivity index (χ0n) is 11.3. The Morgan fingerprint density at radius 2 is 1.75 bits per heavy atom. The molecule has 3 nitrogen and oxygen atoms in total. The molecule has 0 saturated heterocycles. The molecule has 0 heterocycles. The molecule has 16 heavy (non-hydrogen) atoms. The van der Waals surface area contributed by atoms with Crippen LogP contribution in [0.2, 0.25) is 0 Å². The summed E-state index contributed by atoms with van der Waals surface area (Å²) in [5.74, 6) is 0.568. The Labute approximate surface area is 101 Å². The zero-order chi connectivity index (χ0) is 12.8. The molecular formula is C12H27NO2S. The lowest BCUT2D eigenvalue weighted by atomic mass is 9.97. The summed E-state index contributed by atoms with van der Waals surface area (Å²) in [7, 11) is -2.95. The maximum Gasteiger partial charge on any atom is 0.151 e. The van der Waals surface area contributed by atoms with E-state index in [0.717, 1.165) is 25.8 Å². The SMILES string of the molecule is CCCNC(CC(C)CC)C(C)S(C)(=O)=O. The molecule has 0 saturated carbocycles. The Bertz CT molecular complexity index is 275. The van der Waals surface area contributed by atoms with Gasteiger partial charge in [0.25, 0.3) is 0 Å². The maximum atomic E-state index is 11.6. The molecule has 0 bridgehead atoms. The van der Waals surface area contributed by atoms with Crippen molar-refractivity contribution in [1.29, 1.82) is 0 Å². The number of hydrogen-bond acceptors (Lipinski definition) is 3. The largest absolute Gasteiger partial charge is 0.313 e. The van der Waals surface area contributed by atoms with E-state index in [1.807, 2.05) is 6.92 Å². The second-order valence-corrected chi connectivity index (χ2v) is 7.25. The Morgan fingerprint density at radius 3 is 2.12 bits per heavy atom. The molecule has 0 aliphatic heterocycles. The van der Waals surface area contributed by atoms with Gasteiger partial charge < -0.3 is 5.32 Å². The van der Waals surface area contributed by atoms with E-state index in [1.165, 1.54) is 6.26 Å². The summed E-state index contributed by atoms with van der Waals surface area (Å²) >= 11 is 0. The number of nitrogens with one attached hydrogen (secondary N) is 1. The van der Waals surface area contributed by atoms with Crippen molar-refractivity contribution in [3.05, 3.63) is 0 Å². The van der Waals surface area contributed by atoms with E-state index in [0.29, 0.717) is 5.92 Å². The van der Waals surface area contributed by atoms with Gasteiger partial charge in [-0.1, -0.05) is 27.2 Å². The van der Waals surface area contributed by atoms with Gasteiger partial charge in [-0.25, -0.2) is 8.42 Å². The number of sulfone groups is 1. The molecule has 1 N–H and O–H groups in total. The van der Waals surface area contributed by atoms with Gasteiger partial charge in [0, 0.05) is 12.3 Å². The molecule has 0 radical (unpaired) electrons. The second kappa shape index (κ2) is 7.28. The summed E-state index contributed by atoms with van der Waals surface area (Å²) in [5.41, 5.74) is 0. The molecule has 0 aliphatic rings. The van der Waals surface area contributed by atoms with Gasteiger partial charge in [-0.3, -0.25) is 0 Å². The van der Waals surface area contributed by atoms with Crippen molar-refractivity contribution in [2.45, 2.75) is 58.2 Å². The molecule has 3 atom stereocenters. The second-order valence-electron chi connectivity index (χ2n) is 4.84. The summed E-state index contributed by atoms with van der Waals surface area (Å²) in [6, 6.07) is 0.0879. The van der Waals surface area contributed by atoms with Gasteiger partial charge in [0.15, 0.2) is 9.84 Å². The first-order chi connectivity index (χ1) is 7.32. The molecule has 0 aromatic heterocycles. The molecular weight excluding hydrogens is 222 g/mol. The molecule has 0 rings (SSSR count). The molecule has 3 unspecified atom stereocenters. The van der Waals surface area contributed by atoms with E-state index < -0.39 is 9.84 Å². The average molecular weight is 249 g/mol. The van der Waals surface area contributed by atoms with Crippen molar-refractivity contribution in [2.24, 2.45) is 5.92 Å². The zero-order valence-corrected chi connectivity index (χ0v) is 12.1. The van der Waals surface area contributed by atoms with Gasteiger partial charge >= 0.3 is 0 Å². The first-order valence-electron chi connectivity index (χ1n) is 6.25. The lowest BCUT2D eigenvalue weighted by molar-refractivity contribution is 0.384. The molecule has 4 heteroatoms. The van der Waals surface area contributed by atoms with Crippen LogP contribution in [0.4, 0.5) is 0 Å². The Balaban J connectivity index is 4.53. The van der Waals surface area contributed by atoms with Crippen LogP contribution in [0.15, 0.2) is 0 Å². The van der Waals surface area contributed by atoms with E-state index >= 15 is 0 Å². The summed E-state index contributed by atoms with van der Waals surface area (Å²) < 4.78 is 23.1. The molecule has 98 valence electrons. The van der Waals surface area contributed by atoms with Crippen LogP contribution in [0.5, 0.6) is 0 Å². The lowest BCUT2D eigenvalue weighted by Crippen LogP contribution is -2.43. The third-order valence-electron chi connectivity index (χ3n) is 3.25. The van der Waals surface area contributed by atoms with Crippen molar-refractivity contribution < 1.29 is 8.42 Å². The smallest absolute Gasteiger partial charge is 0.151 e. The predicted octanol–water partition coefficient (Wildman–Crippen LogP) is 2.22. The van der Waals surface area contributed by atoms with Crippen LogP contribution in [0.3, 0.4) is 0 Å². The fourth-order valence-electron chi connectivity index (χ4n) is 1.67. The highest BCUT2D eigenvalue weighted by molar-refractivity contribution is 7.91. The average Bonchev–Trinajstić information content (AvgIpc) is 2.21. The Hall–Kier alpha value is -0.0900. The molecule has 0 aromatic rings. The minimum atomic E-state index is -2.95. The van der Waals surface area contributed by atoms with Crippen LogP contribution in [-0.4, -0.2) is 32.5 Å². The van der Waals surface area contributed by atoms with E-state index in [9.17, 15) is 8.42 Å². The van der Waals surface area contributed by atoms with E-state index in [2.05, 4.69) is 26.1 Å². The van der Waals surface area contributed by atoms with Crippen molar-refractivity contribution in [1.82, 2.24) is 5.32 Å². The van der Waals surface area contributed by atoms with Gasteiger partial charge in [-0.05, 0) is 32.2 Å². The highest BCUT2D eigenvalue weighted by Gasteiger charge is 2.26. The lowest BCUT2D eigenvalue weighted by Gasteiger charge is -2.26. The molecule has 0 fully saturated rings. The Morgan fingerprint density at radius 1 is 1.19 bits per heavy atom. The fourth-order valence-corrected chi connectivity index (χ4v) is 2.47. The van der Waals surface area contributed by atoms with Crippen molar-refractivity contribution in [3.8, 4) is 0 Å². The van der Waals surface area contributed by atoms with E-state index in [1.54, 1.807) is 0 Å². The van der Waals surface area contributed by atoms with Crippen molar-refractivity contribution in [2.75, 3.05) is 12.8 Å². The molecule has 0 spiro atoms. The third kappa shape index (κ3) is 5.85. The topological polar surface area (TPSA) is 46.2 Å². The molecule has 0 aliphatic carbocycles. The van der Waals surface area contributed by atoms with Gasteiger partial charge in [0.05, 0.1) is 5.25 Å². The first-order valence-corrected chi connectivity index (χ1v) is 8.20. The predicted molar refractivity (Wildman–Crippen MR) is 70.5 cm³/mol. The fraction of sp³-hybridized carbons (Fsp3) is 1.00. The molecule has 0 aromatic carbocycles. The highest BCUT2D eigenvalue weighted by atomic mass is 32.2. The van der Waals surface area contributed by atoms with Gasteiger partial charge in [-0.2, -0.15) is 0 Å². The summed E-state index contributed by atoms with van der Waals surface area (Å²) in [6.45, 7) is 9.12. The minimum absolute atomic E-state index is 0.0879. The third-order valence-corrected chi connectivity index (χ3v) is 4.93. The van der Waals surface area contributed by atoms with Crippen LogP contribution < -0.4 is 5.32 Å². The summed E-state index contributed by atoms with van der Waals surface area (Å²) in [6.07, 6.45) is 4.40. The van der Waals surface area contributed by atoms with Gasteiger partial charge in [0.1, 0.15) is 0 Å². The van der Waals surface area contributed by atoms with E-state index in [-0.39, 0.29) is 11.3 Å². The van der Waals surface area contributed by atoms with Crippen LogP contribution in [0.25, 0.3) is 0 Å². The number of hydrogen-bond donors (Lipinski definition) is 1. The summed E-state index contributed by atoms with van der Waals surface area (Å²) in [5, 5.41) is 3.06. The minimum Gasteiger partial charge on any atom is -0.313 e. The van der Waals surface area contributed by atoms with E-state index in [4.69, 9.17) is 0 Å². The Kier molecular flexibility index (Phi) is 7.24. The van der Waals surface area contributed by atoms with Crippen LogP contribution in [0.1, 0.15) is 47.0 Å². The standard InChI is InChI=1S/C12H27NO2S/c1-6-8-13-12(9-10(3)7-2)11(4)16(5,14)15/h10-13H,6-9H2,1-5H3. The highest BCUT2D eigenvalue weighted by Crippen LogP contribution is 2.16. The first kappa shape index (κ1) is 15.9. The van der Waals surface area contributed by atoms with Gasteiger partial charge in [-0.15, -0.1) is 0 Å².